The van der Waals surface area contributed by atoms with Crippen LogP contribution >= 0.6 is 23.2 Å². The molecule has 0 unspecified atom stereocenters. The molecule has 0 aliphatic rings. The monoisotopic (exact) mass is 716 g/mol. The molecule has 0 aliphatic heterocycles. The van der Waals surface area contributed by atoms with Gasteiger partial charge in [-0.15, -0.1) is 0 Å². The Hall–Kier alpha value is -1.16. The van der Waals surface area contributed by atoms with Crippen LogP contribution in [-0.4, -0.2) is 34.2 Å². The van der Waals surface area contributed by atoms with Gasteiger partial charge in [0, 0.05) is 34.3 Å². The highest BCUT2D eigenvalue weighted by Crippen LogP contribution is 2.36. The zero-order valence-corrected chi connectivity index (χ0v) is 31.4. The zero-order chi connectivity index (χ0) is 33.8. The van der Waals surface area contributed by atoms with E-state index in [4.69, 9.17) is 28.3 Å². The smallest absolute Gasteiger partial charge is 0.225 e. The molecule has 2 N–H and O–H groups in total. The number of hydrogen-bond donors (Lipinski definition) is 1. The molecule has 0 amide bonds. The molecule has 0 bridgehead atoms. The normalized spacial score (nSPS) is 12.3. The van der Waals surface area contributed by atoms with Crippen LogP contribution in [0.3, 0.4) is 0 Å². The predicted molar refractivity (Wildman–Crippen MR) is 196 cm³/mol. The van der Waals surface area contributed by atoms with Crippen LogP contribution in [-0.2, 0) is 20.0 Å². The van der Waals surface area contributed by atoms with Crippen molar-refractivity contribution in [2.75, 3.05) is 13.1 Å². The largest absolute Gasteiger partial charge is 0.243 e. The van der Waals surface area contributed by atoms with Gasteiger partial charge in [0.1, 0.15) is 0 Å². The summed E-state index contributed by atoms with van der Waals surface area (Å²) in [5.74, 6) is 0. The molecular weight excluding hydrogens is 659 g/mol. The van der Waals surface area contributed by atoms with E-state index in [0.717, 1.165) is 38.5 Å². The molecule has 0 radical (unpaired) electrons. The molecule has 0 heterocycles. The number of benzene rings is 2. The Kier molecular flexibility index (Phi) is 20.0. The molecule has 0 aliphatic carbocycles. The Bertz CT molecular complexity index is 1340. The fourth-order valence-corrected chi connectivity index (χ4v) is 8.93. The van der Waals surface area contributed by atoms with Gasteiger partial charge in [-0.3, -0.25) is 0 Å². The second-order valence-electron chi connectivity index (χ2n) is 12.6. The van der Waals surface area contributed by atoms with Crippen molar-refractivity contribution in [3.8, 4) is 11.1 Å². The Labute approximate surface area is 290 Å². The fourth-order valence-electron chi connectivity index (χ4n) is 5.93. The van der Waals surface area contributed by atoms with Crippen molar-refractivity contribution < 1.29 is 16.8 Å². The summed E-state index contributed by atoms with van der Waals surface area (Å²) in [6.07, 6.45) is 23.3. The fraction of sp³-hybridized carbons (Fsp3) is 0.667. The Morgan fingerprint density at radius 2 is 0.848 bits per heavy atom. The second-order valence-corrected chi connectivity index (χ2v) is 16.9. The lowest BCUT2D eigenvalue weighted by molar-refractivity contribution is 0.383. The first-order valence-corrected chi connectivity index (χ1v) is 21.4. The van der Waals surface area contributed by atoms with Gasteiger partial charge in [-0.2, -0.15) is 4.31 Å². The van der Waals surface area contributed by atoms with E-state index < -0.39 is 20.0 Å². The van der Waals surface area contributed by atoms with Crippen molar-refractivity contribution in [1.82, 2.24) is 4.31 Å². The summed E-state index contributed by atoms with van der Waals surface area (Å²) in [4.78, 5) is -0.249. The van der Waals surface area contributed by atoms with E-state index >= 15 is 0 Å². The molecule has 0 aromatic heterocycles. The minimum absolute atomic E-state index is 0.0219. The van der Waals surface area contributed by atoms with Gasteiger partial charge in [0.2, 0.25) is 20.0 Å². The van der Waals surface area contributed by atoms with Crippen molar-refractivity contribution >= 4 is 43.2 Å². The Morgan fingerprint density at radius 3 is 1.22 bits per heavy atom. The van der Waals surface area contributed by atoms with Crippen molar-refractivity contribution in [1.29, 1.82) is 0 Å². The van der Waals surface area contributed by atoms with Crippen LogP contribution in [0.2, 0.25) is 10.0 Å². The van der Waals surface area contributed by atoms with Crippen LogP contribution in [0, 0.1) is 0 Å². The SMILES string of the molecule is CCCCCCCCCCCCN(CCCCCCCCCCCC)S(=O)(=O)c1cc(Cl)ccc1-c1ccc(Cl)cc1S(N)(=O)=O. The van der Waals surface area contributed by atoms with E-state index in [0.29, 0.717) is 13.1 Å². The molecule has 0 spiro atoms. The average Bonchev–Trinajstić information content (AvgIpc) is 3.01. The number of sulfonamides is 2. The lowest BCUT2D eigenvalue weighted by Gasteiger charge is -2.24. The second kappa shape index (κ2) is 22.5. The van der Waals surface area contributed by atoms with E-state index in [9.17, 15) is 16.8 Å². The van der Waals surface area contributed by atoms with Gasteiger partial charge in [-0.05, 0) is 37.1 Å². The van der Waals surface area contributed by atoms with E-state index in [1.165, 1.54) is 114 Å². The lowest BCUT2D eigenvalue weighted by atomic mass is 10.1. The third-order valence-electron chi connectivity index (χ3n) is 8.62. The van der Waals surface area contributed by atoms with Gasteiger partial charge in [-0.25, -0.2) is 22.0 Å². The molecule has 0 saturated carbocycles. The van der Waals surface area contributed by atoms with Gasteiger partial charge in [0.25, 0.3) is 0 Å². The molecule has 0 saturated heterocycles. The first-order valence-electron chi connectivity index (χ1n) is 17.6. The first-order chi connectivity index (χ1) is 22.0. The summed E-state index contributed by atoms with van der Waals surface area (Å²) >= 11 is 12.5. The summed E-state index contributed by atoms with van der Waals surface area (Å²) < 4.78 is 55.3. The summed E-state index contributed by atoms with van der Waals surface area (Å²) in [5, 5.41) is 5.98. The molecular formula is C36H58Cl2N2O4S2. The van der Waals surface area contributed by atoms with Crippen LogP contribution in [0.15, 0.2) is 46.2 Å². The van der Waals surface area contributed by atoms with Crippen molar-refractivity contribution in [2.45, 2.75) is 152 Å². The summed E-state index contributed by atoms with van der Waals surface area (Å²) in [6.45, 7) is 5.27. The van der Waals surface area contributed by atoms with Crippen molar-refractivity contribution in [3.05, 3.63) is 46.4 Å². The van der Waals surface area contributed by atoms with Crippen LogP contribution < -0.4 is 5.14 Å². The van der Waals surface area contributed by atoms with Gasteiger partial charge in [0.05, 0.1) is 9.79 Å². The number of hydrogen-bond acceptors (Lipinski definition) is 4. The van der Waals surface area contributed by atoms with Gasteiger partial charge in [0.15, 0.2) is 0 Å². The summed E-state index contributed by atoms with van der Waals surface area (Å²) in [6, 6.07) is 8.81. The van der Waals surface area contributed by atoms with E-state index in [2.05, 4.69) is 13.8 Å². The maximum atomic E-state index is 14.3. The summed E-state index contributed by atoms with van der Waals surface area (Å²) in [7, 11) is -8.20. The van der Waals surface area contributed by atoms with E-state index in [1.54, 1.807) is 16.4 Å². The van der Waals surface area contributed by atoms with Crippen LogP contribution in [0.1, 0.15) is 142 Å². The Morgan fingerprint density at radius 1 is 0.522 bits per heavy atom. The molecule has 2 aromatic carbocycles. The molecule has 2 rings (SSSR count). The number of nitrogens with two attached hydrogens (primary N) is 1. The minimum atomic E-state index is -4.19. The van der Waals surface area contributed by atoms with Crippen LogP contribution in [0.4, 0.5) is 0 Å². The van der Waals surface area contributed by atoms with Crippen molar-refractivity contribution in [3.63, 3.8) is 0 Å². The molecule has 2 aromatic rings. The molecule has 262 valence electrons. The van der Waals surface area contributed by atoms with Gasteiger partial charge < -0.3 is 0 Å². The first kappa shape index (κ1) is 41.0. The Balaban J connectivity index is 2.18. The third-order valence-corrected chi connectivity index (χ3v) is 12.0. The number of rotatable bonds is 26. The number of primary sulfonamides is 1. The highest BCUT2D eigenvalue weighted by atomic mass is 35.5. The van der Waals surface area contributed by atoms with Gasteiger partial charge >= 0.3 is 0 Å². The maximum absolute atomic E-state index is 14.3. The number of unbranched alkanes of at least 4 members (excludes halogenated alkanes) is 18. The lowest BCUT2D eigenvalue weighted by Crippen LogP contribution is -2.33. The average molecular weight is 718 g/mol. The minimum Gasteiger partial charge on any atom is -0.225 e. The number of halogens is 2. The molecule has 10 heteroatoms. The number of nitrogens with zero attached hydrogens (tertiary/aromatic N) is 1. The molecule has 0 atom stereocenters. The van der Waals surface area contributed by atoms with Gasteiger partial charge in [-0.1, -0.05) is 165 Å². The van der Waals surface area contributed by atoms with Crippen molar-refractivity contribution in [2.24, 2.45) is 5.14 Å². The highest BCUT2D eigenvalue weighted by molar-refractivity contribution is 7.89. The predicted octanol–water partition coefficient (Wildman–Crippen LogP) is 11.1. The highest BCUT2D eigenvalue weighted by Gasteiger charge is 2.29. The quantitative estimate of drug-likeness (QED) is 0.0980. The molecule has 6 nitrogen and oxygen atoms in total. The maximum Gasteiger partial charge on any atom is 0.243 e. The van der Waals surface area contributed by atoms with E-state index in [-0.39, 0.29) is 31.0 Å². The standard InChI is InChI=1S/C36H58Cl2N2O4S2/c1-3-5-7-9-11-13-15-17-19-21-27-40(28-22-20-18-16-14-12-10-8-6-4-2)46(43,44)36-30-32(38)24-26-34(36)33-25-23-31(37)29-35(33)45(39,41)42/h23-26,29-30H,3-22,27-28H2,1-2H3,(H2,39,41,42). The molecule has 46 heavy (non-hydrogen) atoms. The van der Waals surface area contributed by atoms with Crippen LogP contribution in [0.25, 0.3) is 11.1 Å². The van der Waals surface area contributed by atoms with Crippen LogP contribution in [0.5, 0.6) is 0 Å². The topological polar surface area (TPSA) is 97.5 Å². The van der Waals surface area contributed by atoms with E-state index in [1.807, 2.05) is 0 Å². The summed E-state index contributed by atoms with van der Waals surface area (Å²) in [5.41, 5.74) is 0.418. The molecule has 0 fully saturated rings. The zero-order valence-electron chi connectivity index (χ0n) is 28.3. The third kappa shape index (κ3) is 14.9.